The van der Waals surface area contributed by atoms with E-state index in [9.17, 15) is 0 Å². The van der Waals surface area contributed by atoms with Crippen LogP contribution in [0.25, 0.3) is 0 Å². The van der Waals surface area contributed by atoms with Gasteiger partial charge in [0, 0.05) is 11.9 Å². The molecule has 0 radical (unpaired) electrons. The van der Waals surface area contributed by atoms with Crippen LogP contribution in [0.5, 0.6) is 0 Å². The maximum absolute atomic E-state index is 6.29. The van der Waals surface area contributed by atoms with Gasteiger partial charge in [-0.25, -0.2) is 0 Å². The standard InChI is InChI=1S/C12H18Cl2N2/c1-3-16-11(12(14)8(2)15-16)7-9-4-5-10(13)6-9/h9-10H,3-7H2,1-2H3. The van der Waals surface area contributed by atoms with E-state index in [4.69, 9.17) is 23.2 Å². The molecule has 0 N–H and O–H groups in total. The summed E-state index contributed by atoms with van der Waals surface area (Å²) in [6.45, 7) is 4.96. The lowest BCUT2D eigenvalue weighted by Crippen LogP contribution is -2.08. The molecule has 0 spiro atoms. The highest BCUT2D eigenvalue weighted by atomic mass is 35.5. The van der Waals surface area contributed by atoms with Gasteiger partial charge in [-0.2, -0.15) is 5.10 Å². The zero-order valence-corrected chi connectivity index (χ0v) is 11.4. The summed E-state index contributed by atoms with van der Waals surface area (Å²) >= 11 is 12.4. The van der Waals surface area contributed by atoms with Crippen molar-refractivity contribution in [2.24, 2.45) is 5.92 Å². The van der Waals surface area contributed by atoms with Gasteiger partial charge in [0.1, 0.15) is 0 Å². The second-order valence-electron chi connectivity index (χ2n) is 4.64. The fourth-order valence-corrected chi connectivity index (χ4v) is 3.13. The van der Waals surface area contributed by atoms with E-state index in [2.05, 4.69) is 12.0 Å². The summed E-state index contributed by atoms with van der Waals surface area (Å²) in [5.41, 5.74) is 2.14. The molecular formula is C12H18Cl2N2. The number of hydrogen-bond donors (Lipinski definition) is 0. The number of alkyl halides is 1. The number of aromatic nitrogens is 2. The van der Waals surface area contributed by atoms with Crippen LogP contribution in [0.15, 0.2) is 0 Å². The van der Waals surface area contributed by atoms with Gasteiger partial charge >= 0.3 is 0 Å². The van der Waals surface area contributed by atoms with Crippen LogP contribution in [0, 0.1) is 12.8 Å². The second-order valence-corrected chi connectivity index (χ2v) is 5.64. The maximum atomic E-state index is 6.29. The Balaban J connectivity index is 2.14. The largest absolute Gasteiger partial charge is 0.268 e. The molecule has 0 saturated heterocycles. The second kappa shape index (κ2) is 4.97. The molecule has 2 nitrogen and oxygen atoms in total. The summed E-state index contributed by atoms with van der Waals surface area (Å²) in [4.78, 5) is 0. The quantitative estimate of drug-likeness (QED) is 0.756. The summed E-state index contributed by atoms with van der Waals surface area (Å²) < 4.78 is 2.03. The molecule has 1 aliphatic rings. The van der Waals surface area contributed by atoms with E-state index in [1.54, 1.807) is 0 Å². The Kier molecular flexibility index (Phi) is 3.81. The summed E-state index contributed by atoms with van der Waals surface area (Å²) in [7, 11) is 0. The Morgan fingerprint density at radius 1 is 1.44 bits per heavy atom. The number of halogens is 2. The minimum Gasteiger partial charge on any atom is -0.268 e. The van der Waals surface area contributed by atoms with Crippen LogP contribution in [0.3, 0.4) is 0 Å². The average Bonchev–Trinajstić information content (AvgIpc) is 2.77. The van der Waals surface area contributed by atoms with Crippen molar-refractivity contribution in [3.05, 3.63) is 16.4 Å². The number of aryl methyl sites for hydroxylation is 2. The van der Waals surface area contributed by atoms with Gasteiger partial charge in [0.05, 0.1) is 16.4 Å². The Morgan fingerprint density at radius 2 is 2.19 bits per heavy atom. The van der Waals surface area contributed by atoms with Crippen molar-refractivity contribution in [2.75, 3.05) is 0 Å². The van der Waals surface area contributed by atoms with Gasteiger partial charge in [-0.3, -0.25) is 4.68 Å². The minimum atomic E-state index is 0.364. The molecule has 1 heterocycles. The predicted molar refractivity (Wildman–Crippen MR) is 68.3 cm³/mol. The highest BCUT2D eigenvalue weighted by molar-refractivity contribution is 6.31. The van der Waals surface area contributed by atoms with Crippen molar-refractivity contribution >= 4 is 23.2 Å². The monoisotopic (exact) mass is 260 g/mol. The first-order valence-corrected chi connectivity index (χ1v) is 6.79. The van der Waals surface area contributed by atoms with E-state index in [0.29, 0.717) is 11.3 Å². The van der Waals surface area contributed by atoms with Crippen LogP contribution in [0.4, 0.5) is 0 Å². The van der Waals surface area contributed by atoms with Crippen molar-refractivity contribution in [1.82, 2.24) is 9.78 Å². The SMILES string of the molecule is CCn1nc(C)c(Cl)c1CC1CCC(Cl)C1. The smallest absolute Gasteiger partial charge is 0.0847 e. The first-order chi connectivity index (χ1) is 7.61. The Bertz CT molecular complexity index is 373. The fourth-order valence-electron chi connectivity index (χ4n) is 2.54. The van der Waals surface area contributed by atoms with Crippen LogP contribution in [-0.4, -0.2) is 15.2 Å². The molecule has 2 unspecified atom stereocenters. The molecule has 1 aromatic rings. The summed E-state index contributed by atoms with van der Waals surface area (Å²) in [5, 5.41) is 5.65. The number of hydrogen-bond acceptors (Lipinski definition) is 1. The predicted octanol–water partition coefficient (Wildman–Crippen LogP) is 3.81. The molecule has 1 aliphatic carbocycles. The zero-order chi connectivity index (χ0) is 11.7. The molecule has 16 heavy (non-hydrogen) atoms. The Labute approximate surface area is 107 Å². The van der Waals surface area contributed by atoms with Crippen LogP contribution in [0.1, 0.15) is 37.6 Å². The van der Waals surface area contributed by atoms with Crippen molar-refractivity contribution in [3.63, 3.8) is 0 Å². The normalized spacial score (nSPS) is 25.2. The Hall–Kier alpha value is -0.210. The third kappa shape index (κ3) is 2.38. The topological polar surface area (TPSA) is 17.8 Å². The molecule has 90 valence electrons. The van der Waals surface area contributed by atoms with E-state index in [0.717, 1.165) is 36.5 Å². The number of rotatable bonds is 3. The van der Waals surface area contributed by atoms with Crippen LogP contribution >= 0.6 is 23.2 Å². The van der Waals surface area contributed by atoms with Gasteiger partial charge in [0.2, 0.25) is 0 Å². The number of nitrogens with zero attached hydrogens (tertiary/aromatic N) is 2. The highest BCUT2D eigenvalue weighted by Gasteiger charge is 2.25. The van der Waals surface area contributed by atoms with Gasteiger partial charge in [0.25, 0.3) is 0 Å². The first-order valence-electron chi connectivity index (χ1n) is 5.97. The van der Waals surface area contributed by atoms with Gasteiger partial charge < -0.3 is 0 Å². The average molecular weight is 261 g/mol. The summed E-state index contributed by atoms with van der Waals surface area (Å²) in [6, 6.07) is 0. The molecule has 1 aromatic heterocycles. The van der Waals surface area contributed by atoms with Gasteiger partial charge in [-0.1, -0.05) is 11.6 Å². The fraction of sp³-hybridized carbons (Fsp3) is 0.750. The lowest BCUT2D eigenvalue weighted by atomic mass is 10.0. The third-order valence-corrected chi connectivity index (χ3v) is 4.30. The Morgan fingerprint density at radius 3 is 2.75 bits per heavy atom. The van der Waals surface area contributed by atoms with E-state index >= 15 is 0 Å². The van der Waals surface area contributed by atoms with Crippen LogP contribution < -0.4 is 0 Å². The molecule has 4 heteroatoms. The lowest BCUT2D eigenvalue weighted by molar-refractivity contribution is 0.508. The molecule has 0 aromatic carbocycles. The van der Waals surface area contributed by atoms with E-state index in [-0.39, 0.29) is 0 Å². The van der Waals surface area contributed by atoms with E-state index < -0.39 is 0 Å². The van der Waals surface area contributed by atoms with E-state index in [1.165, 1.54) is 12.1 Å². The van der Waals surface area contributed by atoms with Crippen LogP contribution in [-0.2, 0) is 13.0 Å². The van der Waals surface area contributed by atoms with Crippen LogP contribution in [0.2, 0.25) is 5.02 Å². The molecule has 1 fully saturated rings. The lowest BCUT2D eigenvalue weighted by Gasteiger charge is -2.11. The van der Waals surface area contributed by atoms with Gasteiger partial charge in [-0.15, -0.1) is 11.6 Å². The highest BCUT2D eigenvalue weighted by Crippen LogP contribution is 2.34. The molecule has 0 aliphatic heterocycles. The van der Waals surface area contributed by atoms with Gasteiger partial charge in [-0.05, 0) is 45.4 Å². The van der Waals surface area contributed by atoms with Crippen molar-refractivity contribution in [2.45, 2.75) is 51.5 Å². The maximum Gasteiger partial charge on any atom is 0.0847 e. The van der Waals surface area contributed by atoms with E-state index in [1.807, 2.05) is 11.6 Å². The molecule has 0 bridgehead atoms. The van der Waals surface area contributed by atoms with Crippen molar-refractivity contribution < 1.29 is 0 Å². The molecule has 2 rings (SSSR count). The van der Waals surface area contributed by atoms with Crippen molar-refractivity contribution in [1.29, 1.82) is 0 Å². The minimum absolute atomic E-state index is 0.364. The molecule has 0 amide bonds. The third-order valence-electron chi connectivity index (χ3n) is 3.41. The van der Waals surface area contributed by atoms with Crippen molar-refractivity contribution in [3.8, 4) is 0 Å². The summed E-state index contributed by atoms with van der Waals surface area (Å²) in [5.74, 6) is 0.682. The first kappa shape index (κ1) is 12.3. The molecular weight excluding hydrogens is 243 g/mol. The molecule has 1 saturated carbocycles. The van der Waals surface area contributed by atoms with Gasteiger partial charge in [0.15, 0.2) is 0 Å². The zero-order valence-electron chi connectivity index (χ0n) is 9.84. The summed E-state index contributed by atoms with van der Waals surface area (Å²) in [6.07, 6.45) is 4.50. The molecule has 2 atom stereocenters.